The molecule has 0 unspecified atom stereocenters. The van der Waals surface area contributed by atoms with Crippen LogP contribution in [0.25, 0.3) is 0 Å². The molecule has 0 spiro atoms. The number of alkyl halides is 6. The zero-order chi connectivity index (χ0) is 27.6. The third kappa shape index (κ3) is 7.97. The molecule has 1 N–H and O–H groups in total. The summed E-state index contributed by atoms with van der Waals surface area (Å²) in [5, 5.41) is 9.34. The summed E-state index contributed by atoms with van der Waals surface area (Å²) in [5.41, 5.74) is -0.227. The van der Waals surface area contributed by atoms with Crippen molar-refractivity contribution in [2.45, 2.75) is 77.3 Å². The maximum absolute atomic E-state index is 13.2. The van der Waals surface area contributed by atoms with Crippen LogP contribution in [0.5, 0.6) is 0 Å². The van der Waals surface area contributed by atoms with Crippen molar-refractivity contribution in [1.29, 1.82) is 0 Å². The number of carboxylic acids is 1. The number of halogens is 6. The first kappa shape index (κ1) is 29.0. The molecule has 3 rings (SSSR count). The van der Waals surface area contributed by atoms with Crippen molar-refractivity contribution in [1.82, 2.24) is 4.90 Å². The van der Waals surface area contributed by atoms with Crippen LogP contribution in [0, 0.1) is 11.3 Å². The fourth-order valence-electron chi connectivity index (χ4n) is 5.07. The molecule has 0 aromatic heterocycles. The second kappa shape index (κ2) is 11.1. The number of aliphatic carboxylic acids is 1. The van der Waals surface area contributed by atoms with E-state index in [1.54, 1.807) is 0 Å². The van der Waals surface area contributed by atoms with Crippen molar-refractivity contribution in [2.75, 3.05) is 6.54 Å². The summed E-state index contributed by atoms with van der Waals surface area (Å²) in [5.74, 6) is -1.09. The maximum Gasteiger partial charge on any atom is 0.416 e. The number of hydrogen-bond donors (Lipinski definition) is 1. The van der Waals surface area contributed by atoms with Gasteiger partial charge in [-0.2, -0.15) is 26.3 Å². The molecule has 0 aliphatic carbocycles. The highest BCUT2D eigenvalue weighted by Crippen LogP contribution is 2.44. The Hall–Kier alpha value is -2.55. The second-order valence-electron chi connectivity index (χ2n) is 11.1. The Kier molecular flexibility index (Phi) is 8.67. The Morgan fingerprint density at radius 1 is 0.919 bits per heavy atom. The summed E-state index contributed by atoms with van der Waals surface area (Å²) in [6.07, 6.45) is -6.56. The molecule has 3 nitrogen and oxygen atoms in total. The highest BCUT2D eigenvalue weighted by Gasteiger charge is 2.37. The molecule has 1 aliphatic heterocycles. The number of likely N-dealkylation sites (tertiary alicyclic amines) is 1. The Labute approximate surface area is 213 Å². The Balaban J connectivity index is 2.01. The minimum Gasteiger partial charge on any atom is -0.481 e. The third-order valence-corrected chi connectivity index (χ3v) is 7.03. The standard InChI is InChI=1S/C28H33F6NO2/c1-26(2,3)14-12-23(19-4-8-21(9-5-19)27(29,30)31)35-15-13-18(17-25(36)37)16-24(35)20-6-10-22(11-7-20)28(32,33)34/h4-11,18,23-24H,12-17H2,1-3H3,(H,36,37)/t18-,23-,24+/m1/s1. The van der Waals surface area contributed by atoms with E-state index in [2.05, 4.69) is 25.7 Å². The largest absolute Gasteiger partial charge is 0.481 e. The number of hydrogen-bond acceptors (Lipinski definition) is 2. The lowest BCUT2D eigenvalue weighted by Crippen LogP contribution is -2.40. The van der Waals surface area contributed by atoms with Crippen LogP contribution >= 0.6 is 0 Å². The van der Waals surface area contributed by atoms with Crippen LogP contribution in [0.15, 0.2) is 48.5 Å². The van der Waals surface area contributed by atoms with E-state index >= 15 is 0 Å². The number of rotatable bonds is 7. The van der Waals surface area contributed by atoms with Crippen LogP contribution < -0.4 is 0 Å². The lowest BCUT2D eigenvalue weighted by molar-refractivity contribution is -0.139. The van der Waals surface area contributed by atoms with Gasteiger partial charge in [-0.25, -0.2) is 0 Å². The van der Waals surface area contributed by atoms with Crippen molar-refractivity contribution < 1.29 is 36.2 Å². The molecular weight excluding hydrogens is 496 g/mol. The number of carbonyl (C=O) groups is 1. The van der Waals surface area contributed by atoms with E-state index in [9.17, 15) is 36.2 Å². The predicted molar refractivity (Wildman–Crippen MR) is 129 cm³/mol. The van der Waals surface area contributed by atoms with Gasteiger partial charge in [0.2, 0.25) is 0 Å². The number of nitrogens with zero attached hydrogens (tertiary/aromatic N) is 1. The molecule has 37 heavy (non-hydrogen) atoms. The molecule has 3 atom stereocenters. The summed E-state index contributed by atoms with van der Waals surface area (Å²) >= 11 is 0. The summed E-state index contributed by atoms with van der Waals surface area (Å²) in [4.78, 5) is 13.5. The van der Waals surface area contributed by atoms with Crippen LogP contribution in [0.3, 0.4) is 0 Å². The first-order valence-corrected chi connectivity index (χ1v) is 12.4. The molecule has 0 amide bonds. The minimum atomic E-state index is -4.48. The van der Waals surface area contributed by atoms with E-state index < -0.39 is 29.4 Å². The summed E-state index contributed by atoms with van der Waals surface area (Å²) in [6, 6.07) is 9.33. The highest BCUT2D eigenvalue weighted by atomic mass is 19.4. The van der Waals surface area contributed by atoms with Gasteiger partial charge in [-0.05, 0) is 79.0 Å². The molecule has 2 aromatic rings. The molecule has 0 radical (unpaired) electrons. The molecule has 1 aliphatic rings. The normalized spacial score (nSPS) is 20.6. The van der Waals surface area contributed by atoms with Gasteiger partial charge in [0, 0.05) is 18.5 Å². The third-order valence-electron chi connectivity index (χ3n) is 7.03. The molecule has 1 saturated heterocycles. The summed E-state index contributed by atoms with van der Waals surface area (Å²) in [6.45, 7) is 6.70. The van der Waals surface area contributed by atoms with Gasteiger partial charge in [0.1, 0.15) is 0 Å². The topological polar surface area (TPSA) is 40.5 Å². The minimum absolute atomic E-state index is 0.0437. The van der Waals surface area contributed by atoms with Gasteiger partial charge in [0.25, 0.3) is 0 Å². The van der Waals surface area contributed by atoms with Crippen LogP contribution in [0.2, 0.25) is 0 Å². The van der Waals surface area contributed by atoms with E-state index in [1.165, 1.54) is 24.3 Å². The number of piperidine rings is 1. The maximum atomic E-state index is 13.2. The van der Waals surface area contributed by atoms with Crippen molar-refractivity contribution in [3.05, 3.63) is 70.8 Å². The molecule has 1 fully saturated rings. The Morgan fingerprint density at radius 2 is 1.43 bits per heavy atom. The molecular formula is C28H33F6NO2. The summed E-state index contributed by atoms with van der Waals surface area (Å²) in [7, 11) is 0. The zero-order valence-corrected chi connectivity index (χ0v) is 21.2. The van der Waals surface area contributed by atoms with Gasteiger partial charge in [-0.15, -0.1) is 0 Å². The van der Waals surface area contributed by atoms with Gasteiger partial charge < -0.3 is 5.11 Å². The van der Waals surface area contributed by atoms with Crippen molar-refractivity contribution >= 4 is 5.97 Å². The van der Waals surface area contributed by atoms with Crippen LogP contribution in [0.4, 0.5) is 26.3 Å². The van der Waals surface area contributed by atoms with E-state index in [-0.39, 0.29) is 29.8 Å². The van der Waals surface area contributed by atoms with Gasteiger partial charge in [-0.3, -0.25) is 9.69 Å². The van der Waals surface area contributed by atoms with Crippen LogP contribution in [-0.2, 0) is 17.1 Å². The molecule has 9 heteroatoms. The van der Waals surface area contributed by atoms with Gasteiger partial charge >= 0.3 is 18.3 Å². The molecule has 0 saturated carbocycles. The smallest absolute Gasteiger partial charge is 0.416 e. The SMILES string of the molecule is CC(C)(C)CC[C@H](c1ccc(C(F)(F)F)cc1)N1CC[C@@H](CC(=O)O)C[C@H]1c1ccc(C(F)(F)F)cc1. The Bertz CT molecular complexity index is 1040. The van der Waals surface area contributed by atoms with E-state index in [4.69, 9.17) is 0 Å². The lowest BCUT2D eigenvalue weighted by atomic mass is 9.81. The fourth-order valence-corrected chi connectivity index (χ4v) is 5.07. The molecule has 1 heterocycles. The average Bonchev–Trinajstić information content (AvgIpc) is 2.78. The molecule has 2 aromatic carbocycles. The van der Waals surface area contributed by atoms with Crippen molar-refractivity contribution in [2.24, 2.45) is 11.3 Å². The zero-order valence-electron chi connectivity index (χ0n) is 21.2. The van der Waals surface area contributed by atoms with Crippen molar-refractivity contribution in [3.8, 4) is 0 Å². The number of benzene rings is 2. The second-order valence-corrected chi connectivity index (χ2v) is 11.1. The van der Waals surface area contributed by atoms with E-state index in [0.29, 0.717) is 36.9 Å². The molecule has 0 bridgehead atoms. The van der Waals surface area contributed by atoms with Crippen LogP contribution in [0.1, 0.15) is 87.2 Å². The monoisotopic (exact) mass is 529 g/mol. The fraction of sp³-hybridized carbons (Fsp3) is 0.536. The Morgan fingerprint density at radius 3 is 1.89 bits per heavy atom. The van der Waals surface area contributed by atoms with E-state index in [0.717, 1.165) is 30.7 Å². The molecule has 204 valence electrons. The highest BCUT2D eigenvalue weighted by molar-refractivity contribution is 5.67. The lowest BCUT2D eigenvalue weighted by Gasteiger charge is -2.45. The van der Waals surface area contributed by atoms with Crippen LogP contribution in [-0.4, -0.2) is 22.5 Å². The van der Waals surface area contributed by atoms with Crippen molar-refractivity contribution in [3.63, 3.8) is 0 Å². The average molecular weight is 530 g/mol. The van der Waals surface area contributed by atoms with E-state index in [1.807, 2.05) is 0 Å². The van der Waals surface area contributed by atoms with Gasteiger partial charge in [0.15, 0.2) is 0 Å². The van der Waals surface area contributed by atoms with Gasteiger partial charge in [0.05, 0.1) is 11.1 Å². The summed E-state index contributed by atoms with van der Waals surface area (Å²) < 4.78 is 79.1. The predicted octanol–water partition coefficient (Wildman–Crippen LogP) is 8.52. The first-order valence-electron chi connectivity index (χ1n) is 12.4. The number of carboxylic acid groups (broad SMARTS) is 1. The quantitative estimate of drug-likeness (QED) is 0.366. The first-order chi connectivity index (χ1) is 17.0. The van der Waals surface area contributed by atoms with Gasteiger partial charge in [-0.1, -0.05) is 45.0 Å².